The summed E-state index contributed by atoms with van der Waals surface area (Å²) in [5, 5.41) is 0.625. The maximum absolute atomic E-state index is 12.4. The van der Waals surface area contributed by atoms with Crippen LogP contribution in [0.3, 0.4) is 0 Å². The largest absolute Gasteiger partial charge is 0.427 e. The molecule has 2 aromatic carbocycles. The summed E-state index contributed by atoms with van der Waals surface area (Å²) in [6.07, 6.45) is 0. The molecule has 1 heterocycles. The lowest BCUT2D eigenvalue weighted by Gasteiger charge is -2.15. The minimum absolute atomic E-state index is 0.0679. The van der Waals surface area contributed by atoms with Gasteiger partial charge in [0.15, 0.2) is 0 Å². The molecule has 5 heteroatoms. The van der Waals surface area contributed by atoms with E-state index < -0.39 is 0 Å². The minimum Gasteiger partial charge on any atom is -0.427 e. The molecular formula is C16H12ClNO3. The van der Waals surface area contributed by atoms with Crippen molar-refractivity contribution in [1.29, 1.82) is 0 Å². The van der Waals surface area contributed by atoms with Crippen LogP contribution in [0.25, 0.3) is 0 Å². The lowest BCUT2D eigenvalue weighted by Crippen LogP contribution is -2.22. The van der Waals surface area contributed by atoms with Gasteiger partial charge in [0, 0.05) is 23.2 Å². The van der Waals surface area contributed by atoms with Gasteiger partial charge in [-0.3, -0.25) is 9.59 Å². The Kier molecular flexibility index (Phi) is 3.39. The minimum atomic E-state index is -0.381. The first kappa shape index (κ1) is 13.6. The maximum Gasteiger partial charge on any atom is 0.308 e. The second-order valence-electron chi connectivity index (χ2n) is 4.78. The van der Waals surface area contributed by atoms with Gasteiger partial charge >= 0.3 is 5.97 Å². The summed E-state index contributed by atoms with van der Waals surface area (Å²) in [5.74, 6) is 0.00235. The summed E-state index contributed by atoms with van der Waals surface area (Å²) >= 11 is 5.86. The summed E-state index contributed by atoms with van der Waals surface area (Å²) in [6, 6.07) is 12.1. The molecule has 0 unspecified atom stereocenters. The highest BCUT2D eigenvalue weighted by molar-refractivity contribution is 6.30. The summed E-state index contributed by atoms with van der Waals surface area (Å²) < 4.78 is 5.05. The maximum atomic E-state index is 12.4. The highest BCUT2D eigenvalue weighted by Gasteiger charge is 2.28. The first-order chi connectivity index (χ1) is 10.0. The zero-order chi connectivity index (χ0) is 15.0. The monoisotopic (exact) mass is 301 g/mol. The number of amides is 1. The molecule has 0 aliphatic carbocycles. The fourth-order valence-corrected chi connectivity index (χ4v) is 2.48. The van der Waals surface area contributed by atoms with Crippen molar-refractivity contribution in [3.05, 3.63) is 58.6 Å². The zero-order valence-corrected chi connectivity index (χ0v) is 12.1. The summed E-state index contributed by atoms with van der Waals surface area (Å²) in [6.45, 7) is 1.79. The Morgan fingerprint density at radius 2 is 1.90 bits per heavy atom. The van der Waals surface area contributed by atoms with Gasteiger partial charge in [-0.2, -0.15) is 0 Å². The molecule has 0 atom stereocenters. The number of ether oxygens (including phenoxy) is 1. The standard InChI is InChI=1S/C16H12ClNO3/c1-10(19)21-14-6-7-15-11(8-14)9-18(16(15)20)13-4-2-12(17)3-5-13/h2-8H,9H2,1H3. The van der Waals surface area contributed by atoms with Gasteiger partial charge < -0.3 is 9.64 Å². The van der Waals surface area contributed by atoms with E-state index in [0.717, 1.165) is 11.3 Å². The van der Waals surface area contributed by atoms with Crippen LogP contribution in [0.1, 0.15) is 22.8 Å². The van der Waals surface area contributed by atoms with Crippen molar-refractivity contribution in [2.75, 3.05) is 4.90 Å². The number of carbonyl (C=O) groups is 2. The molecule has 2 aromatic rings. The van der Waals surface area contributed by atoms with Gasteiger partial charge in [0.25, 0.3) is 5.91 Å². The molecule has 4 nitrogen and oxygen atoms in total. The van der Waals surface area contributed by atoms with Crippen LogP contribution in [0.15, 0.2) is 42.5 Å². The SMILES string of the molecule is CC(=O)Oc1ccc2c(c1)CN(c1ccc(Cl)cc1)C2=O. The number of carbonyl (C=O) groups excluding carboxylic acids is 2. The number of fused-ring (bicyclic) bond motifs is 1. The zero-order valence-electron chi connectivity index (χ0n) is 11.3. The molecule has 21 heavy (non-hydrogen) atoms. The molecule has 0 aromatic heterocycles. The van der Waals surface area contributed by atoms with Crippen molar-refractivity contribution < 1.29 is 14.3 Å². The van der Waals surface area contributed by atoms with E-state index in [1.54, 1.807) is 47.4 Å². The van der Waals surface area contributed by atoms with Gasteiger partial charge in [-0.25, -0.2) is 0 Å². The second kappa shape index (κ2) is 5.22. The molecule has 0 spiro atoms. The highest BCUT2D eigenvalue weighted by Crippen LogP contribution is 2.31. The predicted octanol–water partition coefficient (Wildman–Crippen LogP) is 3.43. The van der Waals surface area contributed by atoms with Crippen LogP contribution < -0.4 is 9.64 Å². The van der Waals surface area contributed by atoms with Gasteiger partial charge in [0.05, 0.1) is 6.54 Å². The van der Waals surface area contributed by atoms with Crippen molar-refractivity contribution in [3.63, 3.8) is 0 Å². The number of anilines is 1. The number of benzene rings is 2. The average molecular weight is 302 g/mol. The number of hydrogen-bond acceptors (Lipinski definition) is 3. The van der Waals surface area contributed by atoms with Crippen LogP contribution in [0, 0.1) is 0 Å². The van der Waals surface area contributed by atoms with Crippen molar-refractivity contribution >= 4 is 29.2 Å². The Labute approximate surface area is 126 Å². The molecule has 0 saturated heterocycles. The summed E-state index contributed by atoms with van der Waals surface area (Å²) in [4.78, 5) is 25.0. The first-order valence-electron chi connectivity index (χ1n) is 6.43. The van der Waals surface area contributed by atoms with Crippen LogP contribution in [-0.2, 0) is 11.3 Å². The van der Waals surface area contributed by atoms with Crippen molar-refractivity contribution in [3.8, 4) is 5.75 Å². The van der Waals surface area contributed by atoms with E-state index in [2.05, 4.69) is 0 Å². The summed E-state index contributed by atoms with van der Waals surface area (Å²) in [7, 11) is 0. The fourth-order valence-electron chi connectivity index (χ4n) is 2.36. The molecule has 0 saturated carbocycles. The Balaban J connectivity index is 1.91. The van der Waals surface area contributed by atoms with E-state index >= 15 is 0 Å². The Morgan fingerprint density at radius 3 is 2.57 bits per heavy atom. The van der Waals surface area contributed by atoms with E-state index in [9.17, 15) is 9.59 Å². The Morgan fingerprint density at radius 1 is 1.19 bits per heavy atom. The van der Waals surface area contributed by atoms with Gasteiger partial charge in [-0.1, -0.05) is 11.6 Å². The Hall–Kier alpha value is -2.33. The van der Waals surface area contributed by atoms with Crippen LogP contribution in [0.4, 0.5) is 5.69 Å². The van der Waals surface area contributed by atoms with E-state index in [4.69, 9.17) is 16.3 Å². The number of nitrogens with zero attached hydrogens (tertiary/aromatic N) is 1. The van der Waals surface area contributed by atoms with Gasteiger partial charge in [0.1, 0.15) is 5.75 Å². The first-order valence-corrected chi connectivity index (χ1v) is 6.81. The van der Waals surface area contributed by atoms with Gasteiger partial charge in [0.2, 0.25) is 0 Å². The molecule has 0 fully saturated rings. The molecular weight excluding hydrogens is 290 g/mol. The van der Waals surface area contributed by atoms with E-state index in [-0.39, 0.29) is 11.9 Å². The van der Waals surface area contributed by atoms with Crippen molar-refractivity contribution in [2.45, 2.75) is 13.5 Å². The second-order valence-corrected chi connectivity index (χ2v) is 5.22. The number of halogens is 1. The highest BCUT2D eigenvalue weighted by atomic mass is 35.5. The lowest BCUT2D eigenvalue weighted by molar-refractivity contribution is -0.131. The third-order valence-electron chi connectivity index (χ3n) is 3.28. The Bertz CT molecular complexity index is 725. The van der Waals surface area contributed by atoms with E-state index in [0.29, 0.717) is 22.9 Å². The lowest BCUT2D eigenvalue weighted by atomic mass is 10.1. The van der Waals surface area contributed by atoms with Crippen LogP contribution in [0.5, 0.6) is 5.75 Å². The molecule has 0 N–H and O–H groups in total. The molecule has 1 amide bonds. The van der Waals surface area contributed by atoms with E-state index in [1.807, 2.05) is 0 Å². The molecule has 106 valence electrons. The molecule has 1 aliphatic rings. The quantitative estimate of drug-likeness (QED) is 0.630. The normalized spacial score (nSPS) is 13.2. The van der Waals surface area contributed by atoms with Gasteiger partial charge in [-0.15, -0.1) is 0 Å². The van der Waals surface area contributed by atoms with Gasteiger partial charge in [-0.05, 0) is 48.0 Å². The van der Waals surface area contributed by atoms with Crippen molar-refractivity contribution in [2.24, 2.45) is 0 Å². The topological polar surface area (TPSA) is 46.6 Å². The number of rotatable bonds is 2. The smallest absolute Gasteiger partial charge is 0.308 e. The van der Waals surface area contributed by atoms with Crippen molar-refractivity contribution in [1.82, 2.24) is 0 Å². The molecule has 3 rings (SSSR count). The molecule has 0 radical (unpaired) electrons. The summed E-state index contributed by atoms with van der Waals surface area (Å²) in [5.41, 5.74) is 2.25. The molecule has 1 aliphatic heterocycles. The predicted molar refractivity (Wildman–Crippen MR) is 79.7 cm³/mol. The van der Waals surface area contributed by atoms with E-state index in [1.165, 1.54) is 6.92 Å². The third-order valence-corrected chi connectivity index (χ3v) is 3.53. The fraction of sp³-hybridized carbons (Fsp3) is 0.125. The number of esters is 1. The number of hydrogen-bond donors (Lipinski definition) is 0. The average Bonchev–Trinajstić information content (AvgIpc) is 2.76. The van der Waals surface area contributed by atoms with Crippen LogP contribution >= 0.6 is 11.6 Å². The van der Waals surface area contributed by atoms with Crippen LogP contribution in [0.2, 0.25) is 5.02 Å². The van der Waals surface area contributed by atoms with Crippen LogP contribution in [-0.4, -0.2) is 11.9 Å². The molecule has 0 bridgehead atoms. The third kappa shape index (κ3) is 2.62.